The molecule has 0 spiro atoms. The van der Waals surface area contributed by atoms with Crippen LogP contribution in [0.5, 0.6) is 0 Å². The topological polar surface area (TPSA) is 123 Å². The summed E-state index contributed by atoms with van der Waals surface area (Å²) in [6, 6.07) is 7.21. The van der Waals surface area contributed by atoms with Crippen LogP contribution < -0.4 is 10.9 Å². The van der Waals surface area contributed by atoms with Crippen LogP contribution in [0.3, 0.4) is 0 Å². The number of hydrogen-bond acceptors (Lipinski definition) is 6. The van der Waals surface area contributed by atoms with Crippen LogP contribution >= 0.6 is 0 Å². The molecule has 0 aliphatic carbocycles. The van der Waals surface area contributed by atoms with E-state index in [-0.39, 0.29) is 17.4 Å². The van der Waals surface area contributed by atoms with Gasteiger partial charge in [-0.2, -0.15) is 9.61 Å². The number of amides is 1. The van der Waals surface area contributed by atoms with Gasteiger partial charge in [0.2, 0.25) is 0 Å². The predicted molar refractivity (Wildman–Crippen MR) is 90.8 cm³/mol. The minimum absolute atomic E-state index is 0.0576. The molecule has 130 valence electrons. The molecule has 0 saturated carbocycles. The molecule has 0 unspecified atom stereocenters. The minimum atomic E-state index is -0.501. The Morgan fingerprint density at radius 2 is 2.04 bits per heavy atom. The maximum atomic E-state index is 12.4. The molecule has 26 heavy (non-hydrogen) atoms. The summed E-state index contributed by atoms with van der Waals surface area (Å²) in [7, 11) is 0. The van der Waals surface area contributed by atoms with Crippen molar-refractivity contribution in [3.05, 3.63) is 70.9 Å². The van der Waals surface area contributed by atoms with Gasteiger partial charge in [0.15, 0.2) is 0 Å². The smallest absolute Gasteiger partial charge is 0.286 e. The number of carbonyl (C=O) groups is 1. The second kappa shape index (κ2) is 6.24. The van der Waals surface area contributed by atoms with Crippen LogP contribution in [0.2, 0.25) is 0 Å². The van der Waals surface area contributed by atoms with E-state index in [1.165, 1.54) is 18.9 Å². The number of rotatable bonds is 4. The summed E-state index contributed by atoms with van der Waals surface area (Å²) in [5.41, 5.74) is 1.19. The predicted octanol–water partition coefficient (Wildman–Crippen LogP) is 0.489. The summed E-state index contributed by atoms with van der Waals surface area (Å²) >= 11 is 0. The molecule has 4 rings (SSSR count). The van der Waals surface area contributed by atoms with Crippen molar-refractivity contribution in [3.63, 3.8) is 0 Å². The van der Waals surface area contributed by atoms with E-state index in [9.17, 15) is 9.59 Å². The molecular formula is C16H14N8O2. The Morgan fingerprint density at radius 1 is 1.23 bits per heavy atom. The number of benzene rings is 1. The Bertz CT molecular complexity index is 1110. The van der Waals surface area contributed by atoms with Crippen LogP contribution in [-0.2, 0) is 0 Å². The SMILES string of the molecule is C[C@H](NC(=O)c1cnc2nc[nH]n2c1=O)c1ccc(-n2cncn2)cc1. The average Bonchev–Trinajstić information content (AvgIpc) is 3.34. The second-order valence-corrected chi connectivity index (χ2v) is 5.63. The number of aromatic amines is 1. The molecule has 10 heteroatoms. The van der Waals surface area contributed by atoms with E-state index in [0.717, 1.165) is 15.8 Å². The van der Waals surface area contributed by atoms with Crippen molar-refractivity contribution in [3.8, 4) is 5.69 Å². The van der Waals surface area contributed by atoms with Crippen molar-refractivity contribution in [2.24, 2.45) is 0 Å². The van der Waals surface area contributed by atoms with Crippen molar-refractivity contribution in [1.29, 1.82) is 0 Å². The van der Waals surface area contributed by atoms with Crippen LogP contribution in [-0.4, -0.2) is 40.3 Å². The third kappa shape index (κ3) is 2.73. The fraction of sp³-hybridized carbons (Fsp3) is 0.125. The molecule has 0 saturated heterocycles. The number of H-pyrrole nitrogens is 1. The highest BCUT2D eigenvalue weighted by molar-refractivity contribution is 5.93. The summed E-state index contributed by atoms with van der Waals surface area (Å²) in [5.74, 6) is -0.289. The van der Waals surface area contributed by atoms with E-state index < -0.39 is 11.5 Å². The van der Waals surface area contributed by atoms with Crippen LogP contribution in [0.1, 0.15) is 28.9 Å². The molecule has 0 bridgehead atoms. The zero-order chi connectivity index (χ0) is 18.1. The molecule has 3 aromatic heterocycles. The molecule has 10 nitrogen and oxygen atoms in total. The van der Waals surface area contributed by atoms with Crippen LogP contribution in [0, 0.1) is 0 Å². The highest BCUT2D eigenvalue weighted by Gasteiger charge is 2.17. The van der Waals surface area contributed by atoms with Crippen LogP contribution in [0.4, 0.5) is 0 Å². The lowest BCUT2D eigenvalue weighted by atomic mass is 10.1. The van der Waals surface area contributed by atoms with Gasteiger partial charge in [-0.3, -0.25) is 14.7 Å². The summed E-state index contributed by atoms with van der Waals surface area (Å²) < 4.78 is 2.76. The van der Waals surface area contributed by atoms with Crippen molar-refractivity contribution in [2.75, 3.05) is 0 Å². The van der Waals surface area contributed by atoms with Gasteiger partial charge in [-0.1, -0.05) is 12.1 Å². The Kier molecular flexibility index (Phi) is 3.77. The fourth-order valence-electron chi connectivity index (χ4n) is 2.57. The third-order valence-electron chi connectivity index (χ3n) is 3.98. The zero-order valence-electron chi connectivity index (χ0n) is 13.7. The first-order valence-electron chi connectivity index (χ1n) is 7.80. The second-order valence-electron chi connectivity index (χ2n) is 5.63. The summed E-state index contributed by atoms with van der Waals surface area (Å²) in [6.07, 6.45) is 5.63. The Hall–Kier alpha value is -3.82. The van der Waals surface area contributed by atoms with Gasteiger partial charge in [0, 0.05) is 6.20 Å². The highest BCUT2D eigenvalue weighted by atomic mass is 16.2. The number of fused-ring (bicyclic) bond motifs is 1. The zero-order valence-corrected chi connectivity index (χ0v) is 13.7. The quantitative estimate of drug-likeness (QED) is 0.552. The van der Waals surface area contributed by atoms with Gasteiger partial charge < -0.3 is 5.32 Å². The molecule has 1 atom stereocenters. The van der Waals surface area contributed by atoms with Gasteiger partial charge >= 0.3 is 0 Å². The molecule has 1 amide bonds. The normalized spacial score (nSPS) is 12.2. The first-order valence-corrected chi connectivity index (χ1v) is 7.80. The first kappa shape index (κ1) is 15.7. The molecule has 0 aliphatic heterocycles. The monoisotopic (exact) mass is 350 g/mol. The molecule has 4 aromatic rings. The van der Waals surface area contributed by atoms with Gasteiger partial charge in [-0.25, -0.2) is 19.6 Å². The van der Waals surface area contributed by atoms with Gasteiger partial charge in [-0.05, 0) is 24.6 Å². The molecular weight excluding hydrogens is 336 g/mol. The molecule has 0 aliphatic rings. The lowest BCUT2D eigenvalue weighted by Crippen LogP contribution is -2.33. The standard InChI is InChI=1S/C16H14N8O2/c1-10(11-2-4-12(5-3-11)23-9-17-7-20-23)22-14(25)13-6-18-16-19-8-21-24(16)15(13)26/h2-10H,1H3,(H,22,25)(H,18,19,21)/t10-/m0/s1. The van der Waals surface area contributed by atoms with Crippen molar-refractivity contribution >= 4 is 11.7 Å². The van der Waals surface area contributed by atoms with Crippen molar-refractivity contribution in [1.82, 2.24) is 39.7 Å². The maximum absolute atomic E-state index is 12.4. The number of hydrogen-bond donors (Lipinski definition) is 2. The van der Waals surface area contributed by atoms with E-state index in [1.807, 2.05) is 31.2 Å². The third-order valence-corrected chi connectivity index (χ3v) is 3.98. The number of carbonyl (C=O) groups excluding carboxylic acids is 1. The van der Waals surface area contributed by atoms with E-state index >= 15 is 0 Å². The number of nitrogens with zero attached hydrogens (tertiary/aromatic N) is 6. The Labute approximate surface area is 146 Å². The van der Waals surface area contributed by atoms with Crippen molar-refractivity contribution in [2.45, 2.75) is 13.0 Å². The van der Waals surface area contributed by atoms with Gasteiger partial charge in [0.25, 0.3) is 17.2 Å². The summed E-state index contributed by atoms with van der Waals surface area (Å²) in [5, 5.41) is 9.49. The van der Waals surface area contributed by atoms with E-state index in [0.29, 0.717) is 0 Å². The van der Waals surface area contributed by atoms with E-state index in [4.69, 9.17) is 0 Å². The van der Waals surface area contributed by atoms with Gasteiger partial charge in [-0.15, -0.1) is 0 Å². The van der Waals surface area contributed by atoms with E-state index in [2.05, 4.69) is 30.5 Å². The van der Waals surface area contributed by atoms with E-state index in [1.54, 1.807) is 11.0 Å². The summed E-state index contributed by atoms with van der Waals surface area (Å²) in [6.45, 7) is 1.84. The number of nitrogens with one attached hydrogen (secondary N) is 2. The minimum Gasteiger partial charge on any atom is -0.345 e. The Morgan fingerprint density at radius 3 is 2.77 bits per heavy atom. The highest BCUT2D eigenvalue weighted by Crippen LogP contribution is 2.15. The number of aromatic nitrogens is 7. The molecule has 3 heterocycles. The van der Waals surface area contributed by atoms with Gasteiger partial charge in [0.1, 0.15) is 24.5 Å². The van der Waals surface area contributed by atoms with Crippen molar-refractivity contribution < 1.29 is 4.79 Å². The fourth-order valence-corrected chi connectivity index (χ4v) is 2.57. The van der Waals surface area contributed by atoms with Crippen LogP contribution in [0.25, 0.3) is 11.5 Å². The Balaban J connectivity index is 1.53. The molecule has 2 N–H and O–H groups in total. The van der Waals surface area contributed by atoms with Crippen LogP contribution in [0.15, 0.2) is 54.2 Å². The lowest BCUT2D eigenvalue weighted by molar-refractivity contribution is 0.0937. The molecule has 1 aromatic carbocycles. The summed E-state index contributed by atoms with van der Waals surface area (Å²) in [4.78, 5) is 36.5. The lowest BCUT2D eigenvalue weighted by Gasteiger charge is -2.14. The molecule has 0 radical (unpaired) electrons. The largest absolute Gasteiger partial charge is 0.345 e. The first-order chi connectivity index (χ1) is 12.6. The molecule has 0 fully saturated rings. The average molecular weight is 350 g/mol. The van der Waals surface area contributed by atoms with Gasteiger partial charge in [0.05, 0.1) is 11.7 Å². The maximum Gasteiger partial charge on any atom is 0.286 e.